The third-order valence-corrected chi connectivity index (χ3v) is 3.57. The van der Waals surface area contributed by atoms with Crippen LogP contribution in [-0.4, -0.2) is 29.3 Å². The summed E-state index contributed by atoms with van der Waals surface area (Å²) in [5, 5.41) is 14.9. The quantitative estimate of drug-likeness (QED) is 0.753. The molecule has 2 amide bonds. The lowest BCUT2D eigenvalue weighted by Crippen LogP contribution is -2.50. The van der Waals surface area contributed by atoms with Gasteiger partial charge >= 0.3 is 6.09 Å². The number of hydrogen-bond donors (Lipinski definition) is 3. The maximum atomic E-state index is 12.3. The van der Waals surface area contributed by atoms with Crippen LogP contribution in [-0.2, 0) is 16.1 Å². The minimum Gasteiger partial charge on any atom is -0.445 e. The summed E-state index contributed by atoms with van der Waals surface area (Å²) in [4.78, 5) is 24.2. The van der Waals surface area contributed by atoms with Crippen molar-refractivity contribution in [1.29, 1.82) is 0 Å². The molecule has 0 spiro atoms. The molecule has 6 nitrogen and oxygen atoms in total. The normalized spacial score (nSPS) is 12.8. The highest BCUT2D eigenvalue weighted by atomic mass is 16.5. The first-order valence-corrected chi connectivity index (χ1v) is 7.98. The van der Waals surface area contributed by atoms with Crippen LogP contribution in [0.4, 0.5) is 10.5 Å². The van der Waals surface area contributed by atoms with E-state index in [9.17, 15) is 14.7 Å². The molecule has 2 aromatic rings. The molecule has 25 heavy (non-hydrogen) atoms. The number of nitrogens with one attached hydrogen (secondary N) is 2. The third-order valence-electron chi connectivity index (χ3n) is 3.57. The van der Waals surface area contributed by atoms with Crippen molar-refractivity contribution in [2.75, 3.05) is 5.32 Å². The van der Waals surface area contributed by atoms with Crippen molar-refractivity contribution in [2.45, 2.75) is 32.6 Å². The molecule has 0 aliphatic carbocycles. The number of ether oxygens (including phenoxy) is 1. The van der Waals surface area contributed by atoms with Crippen molar-refractivity contribution in [3.05, 3.63) is 65.7 Å². The van der Waals surface area contributed by atoms with Gasteiger partial charge in [-0.05, 0) is 31.5 Å². The van der Waals surface area contributed by atoms with Crippen LogP contribution >= 0.6 is 0 Å². The molecule has 3 N–H and O–H groups in total. The number of benzene rings is 2. The summed E-state index contributed by atoms with van der Waals surface area (Å²) in [7, 11) is 0. The molecule has 0 bridgehead atoms. The Balaban J connectivity index is 1.91. The Morgan fingerprint density at radius 1 is 1.08 bits per heavy atom. The van der Waals surface area contributed by atoms with E-state index in [2.05, 4.69) is 10.6 Å². The van der Waals surface area contributed by atoms with Crippen molar-refractivity contribution in [2.24, 2.45) is 0 Å². The summed E-state index contributed by atoms with van der Waals surface area (Å²) in [5.41, 5.74) is 2.48. The Morgan fingerprint density at radius 3 is 2.32 bits per heavy atom. The summed E-state index contributed by atoms with van der Waals surface area (Å²) in [6, 6.07) is 15.3. The molecule has 0 aromatic heterocycles. The van der Waals surface area contributed by atoms with Crippen LogP contribution in [0.25, 0.3) is 0 Å². The van der Waals surface area contributed by atoms with Gasteiger partial charge in [-0.3, -0.25) is 4.79 Å². The fourth-order valence-corrected chi connectivity index (χ4v) is 2.15. The number of anilines is 1. The van der Waals surface area contributed by atoms with Gasteiger partial charge in [0.15, 0.2) is 0 Å². The first-order valence-electron chi connectivity index (χ1n) is 7.98. The monoisotopic (exact) mass is 342 g/mol. The predicted molar refractivity (Wildman–Crippen MR) is 95.0 cm³/mol. The second-order valence-electron chi connectivity index (χ2n) is 5.78. The lowest BCUT2D eigenvalue weighted by atomic mass is 10.1. The summed E-state index contributed by atoms with van der Waals surface area (Å²) in [5.74, 6) is -0.518. The van der Waals surface area contributed by atoms with E-state index >= 15 is 0 Å². The van der Waals surface area contributed by atoms with Gasteiger partial charge in [0.1, 0.15) is 12.6 Å². The molecule has 0 aliphatic heterocycles. The minimum absolute atomic E-state index is 0.0821. The van der Waals surface area contributed by atoms with Crippen LogP contribution in [0.5, 0.6) is 0 Å². The van der Waals surface area contributed by atoms with E-state index in [0.717, 1.165) is 11.1 Å². The van der Waals surface area contributed by atoms with Crippen molar-refractivity contribution in [3.63, 3.8) is 0 Å². The summed E-state index contributed by atoms with van der Waals surface area (Å²) < 4.78 is 5.08. The standard InChI is InChI=1S/C19H22N2O4/c1-13-8-10-16(11-9-13)20-18(23)17(14(2)22)21-19(24)25-12-15-6-4-3-5-7-15/h3-11,14,17,22H,12H2,1-2H3,(H,20,23)(H,21,24)/t14-,17-/m0/s1. The summed E-state index contributed by atoms with van der Waals surface area (Å²) >= 11 is 0. The molecule has 0 fully saturated rings. The van der Waals surface area contributed by atoms with Crippen LogP contribution in [0.1, 0.15) is 18.1 Å². The maximum absolute atomic E-state index is 12.3. The zero-order chi connectivity index (χ0) is 18.2. The zero-order valence-electron chi connectivity index (χ0n) is 14.2. The molecule has 2 atom stereocenters. The fraction of sp³-hybridized carbons (Fsp3) is 0.263. The van der Waals surface area contributed by atoms with Crippen LogP contribution in [0.3, 0.4) is 0 Å². The number of alkyl carbamates (subject to hydrolysis) is 1. The average Bonchev–Trinajstić information content (AvgIpc) is 2.60. The van der Waals surface area contributed by atoms with E-state index in [1.165, 1.54) is 6.92 Å². The number of amides is 2. The molecule has 0 unspecified atom stereocenters. The highest BCUT2D eigenvalue weighted by Crippen LogP contribution is 2.10. The number of aryl methyl sites for hydroxylation is 1. The Labute approximate surface area is 146 Å². The van der Waals surface area contributed by atoms with Crippen LogP contribution in [0.15, 0.2) is 54.6 Å². The van der Waals surface area contributed by atoms with Gasteiger partial charge in [0.05, 0.1) is 6.10 Å². The second kappa shape index (κ2) is 8.84. The Kier molecular flexibility index (Phi) is 6.54. The molecular formula is C19H22N2O4. The van der Waals surface area contributed by atoms with E-state index in [-0.39, 0.29) is 6.61 Å². The fourth-order valence-electron chi connectivity index (χ4n) is 2.15. The number of aliphatic hydroxyl groups is 1. The number of aliphatic hydroxyl groups excluding tert-OH is 1. The molecule has 0 saturated heterocycles. The number of hydrogen-bond acceptors (Lipinski definition) is 4. The summed E-state index contributed by atoms with van der Waals surface area (Å²) in [6.45, 7) is 3.45. The third kappa shape index (κ3) is 5.93. The Bertz CT molecular complexity index is 699. The molecule has 0 aliphatic rings. The first-order chi connectivity index (χ1) is 12.0. The second-order valence-corrected chi connectivity index (χ2v) is 5.78. The SMILES string of the molecule is Cc1ccc(NC(=O)[C@@H](NC(=O)OCc2ccccc2)[C@H](C)O)cc1. The van der Waals surface area contributed by atoms with Gasteiger partial charge in [-0.25, -0.2) is 4.79 Å². The van der Waals surface area contributed by atoms with E-state index in [0.29, 0.717) is 5.69 Å². The van der Waals surface area contributed by atoms with Gasteiger partial charge in [-0.1, -0.05) is 48.0 Å². The van der Waals surface area contributed by atoms with Crippen molar-refractivity contribution in [1.82, 2.24) is 5.32 Å². The molecule has 0 radical (unpaired) electrons. The van der Waals surface area contributed by atoms with Gasteiger partial charge in [-0.15, -0.1) is 0 Å². The average molecular weight is 342 g/mol. The summed E-state index contributed by atoms with van der Waals surface area (Å²) in [6.07, 6.45) is -1.84. The van der Waals surface area contributed by atoms with Gasteiger partial charge in [-0.2, -0.15) is 0 Å². The maximum Gasteiger partial charge on any atom is 0.408 e. The number of rotatable bonds is 6. The van der Waals surface area contributed by atoms with E-state index in [1.54, 1.807) is 12.1 Å². The zero-order valence-corrected chi connectivity index (χ0v) is 14.2. The van der Waals surface area contributed by atoms with Crippen molar-refractivity contribution < 1.29 is 19.4 Å². The van der Waals surface area contributed by atoms with Gasteiger partial charge in [0.2, 0.25) is 5.91 Å². The van der Waals surface area contributed by atoms with Crippen LogP contribution in [0.2, 0.25) is 0 Å². The van der Waals surface area contributed by atoms with Crippen LogP contribution < -0.4 is 10.6 Å². The lowest BCUT2D eigenvalue weighted by Gasteiger charge is -2.20. The van der Waals surface area contributed by atoms with Gasteiger partial charge in [0, 0.05) is 5.69 Å². The first kappa shape index (κ1) is 18.5. The molecule has 0 saturated carbocycles. The Hall–Kier alpha value is -2.86. The minimum atomic E-state index is -1.12. The highest BCUT2D eigenvalue weighted by molar-refractivity contribution is 5.97. The van der Waals surface area contributed by atoms with Crippen molar-refractivity contribution >= 4 is 17.7 Å². The predicted octanol–water partition coefficient (Wildman–Crippen LogP) is 2.61. The number of carbonyl (C=O) groups excluding carboxylic acids is 2. The largest absolute Gasteiger partial charge is 0.445 e. The van der Waals surface area contributed by atoms with Crippen molar-refractivity contribution in [3.8, 4) is 0 Å². The highest BCUT2D eigenvalue weighted by Gasteiger charge is 2.26. The molecule has 2 rings (SSSR count). The van der Waals surface area contributed by atoms with Crippen LogP contribution in [0, 0.1) is 6.92 Å². The van der Waals surface area contributed by atoms with Gasteiger partial charge in [0.25, 0.3) is 0 Å². The molecule has 6 heteroatoms. The molecule has 0 heterocycles. The smallest absolute Gasteiger partial charge is 0.408 e. The van der Waals surface area contributed by atoms with E-state index < -0.39 is 24.1 Å². The Morgan fingerprint density at radius 2 is 1.72 bits per heavy atom. The molecule has 2 aromatic carbocycles. The molecule has 132 valence electrons. The van der Waals surface area contributed by atoms with E-state index in [1.807, 2.05) is 49.4 Å². The topological polar surface area (TPSA) is 87.7 Å². The molecular weight excluding hydrogens is 320 g/mol. The lowest BCUT2D eigenvalue weighted by molar-refractivity contribution is -0.120. The van der Waals surface area contributed by atoms with E-state index in [4.69, 9.17) is 4.74 Å². The number of carbonyl (C=O) groups is 2. The van der Waals surface area contributed by atoms with Gasteiger partial charge < -0.3 is 20.5 Å².